The molecular weight excluding hydrogens is 260 g/mol. The Bertz CT molecular complexity index is 661. The number of hydrogen-bond acceptors (Lipinski definition) is 5. The van der Waals surface area contributed by atoms with Gasteiger partial charge < -0.3 is 20.1 Å². The molecule has 0 bridgehead atoms. The Morgan fingerprint density at radius 3 is 2.70 bits per heavy atom. The Kier molecular flexibility index (Phi) is 3.65. The molecule has 0 aliphatic heterocycles. The number of ether oxygens (including phenoxy) is 1. The molecule has 0 saturated carbocycles. The molecule has 0 unspecified atom stereocenters. The van der Waals surface area contributed by atoms with Crippen molar-refractivity contribution in [3.8, 4) is 16.9 Å². The largest absolute Gasteiger partial charge is 0.494 e. The molecular formula is C14H16N2O4. The Balaban J connectivity index is 2.62. The van der Waals surface area contributed by atoms with Crippen LogP contribution in [0.15, 0.2) is 16.7 Å². The highest BCUT2D eigenvalue weighted by atomic mass is 16.5. The van der Waals surface area contributed by atoms with Crippen LogP contribution in [0, 0.1) is 13.8 Å². The second kappa shape index (κ2) is 5.24. The molecule has 0 radical (unpaired) electrons. The number of carboxylic acids is 1. The number of carbonyl (C=O) groups is 1. The van der Waals surface area contributed by atoms with Crippen LogP contribution in [0.2, 0.25) is 0 Å². The molecule has 3 N–H and O–H groups in total. The van der Waals surface area contributed by atoms with Crippen LogP contribution >= 0.6 is 0 Å². The van der Waals surface area contributed by atoms with Crippen molar-refractivity contribution in [2.75, 3.05) is 12.3 Å². The first-order valence-electron chi connectivity index (χ1n) is 6.18. The molecule has 0 saturated heterocycles. The van der Waals surface area contributed by atoms with Gasteiger partial charge in [0.1, 0.15) is 5.75 Å². The fourth-order valence-corrected chi connectivity index (χ4v) is 2.08. The van der Waals surface area contributed by atoms with E-state index in [-0.39, 0.29) is 11.6 Å². The van der Waals surface area contributed by atoms with Gasteiger partial charge in [0.25, 0.3) is 0 Å². The average Bonchev–Trinajstić information content (AvgIpc) is 2.76. The number of carboxylic acid groups (broad SMARTS) is 1. The van der Waals surface area contributed by atoms with Gasteiger partial charge in [0.15, 0.2) is 0 Å². The third-order valence-corrected chi connectivity index (χ3v) is 3.01. The fraction of sp³-hybridized carbons (Fsp3) is 0.286. The van der Waals surface area contributed by atoms with Crippen molar-refractivity contribution < 1.29 is 19.2 Å². The van der Waals surface area contributed by atoms with E-state index in [1.165, 1.54) is 0 Å². The third kappa shape index (κ3) is 2.32. The van der Waals surface area contributed by atoms with E-state index in [0.29, 0.717) is 17.7 Å². The molecule has 6 nitrogen and oxygen atoms in total. The number of nitrogens with two attached hydrogens (primary N) is 1. The first kappa shape index (κ1) is 13.9. The zero-order chi connectivity index (χ0) is 14.9. The SMILES string of the molecule is CCOc1cc(C)c(-c2c(C(=O)O)noc2N)cc1C. The Morgan fingerprint density at radius 2 is 2.10 bits per heavy atom. The van der Waals surface area contributed by atoms with Crippen LogP contribution in [0.1, 0.15) is 28.5 Å². The number of anilines is 1. The third-order valence-electron chi connectivity index (χ3n) is 3.01. The zero-order valence-corrected chi connectivity index (χ0v) is 11.6. The molecule has 0 fully saturated rings. The van der Waals surface area contributed by atoms with Crippen molar-refractivity contribution in [2.24, 2.45) is 0 Å². The maximum absolute atomic E-state index is 11.2. The standard InChI is InChI=1S/C14H16N2O4/c1-4-19-10-6-7(2)9(5-8(10)3)11-12(14(17)18)16-20-13(11)15/h5-6H,4,15H2,1-3H3,(H,17,18). The molecule has 2 rings (SSSR count). The predicted molar refractivity (Wildman–Crippen MR) is 74.0 cm³/mol. The number of rotatable bonds is 4. The van der Waals surface area contributed by atoms with Gasteiger partial charge in [-0.15, -0.1) is 0 Å². The van der Waals surface area contributed by atoms with Crippen LogP contribution in [0.25, 0.3) is 11.1 Å². The van der Waals surface area contributed by atoms with Crippen molar-refractivity contribution in [2.45, 2.75) is 20.8 Å². The molecule has 0 aliphatic carbocycles. The summed E-state index contributed by atoms with van der Waals surface area (Å²) in [6, 6.07) is 3.68. The quantitative estimate of drug-likeness (QED) is 0.890. The van der Waals surface area contributed by atoms with Gasteiger partial charge in [-0.25, -0.2) is 4.79 Å². The first-order valence-corrected chi connectivity index (χ1v) is 6.18. The van der Waals surface area contributed by atoms with E-state index in [9.17, 15) is 4.79 Å². The summed E-state index contributed by atoms with van der Waals surface area (Å²) >= 11 is 0. The van der Waals surface area contributed by atoms with Crippen molar-refractivity contribution in [3.63, 3.8) is 0 Å². The van der Waals surface area contributed by atoms with E-state index in [4.69, 9.17) is 20.1 Å². The predicted octanol–water partition coefficient (Wildman–Crippen LogP) is 2.64. The Labute approximate surface area is 116 Å². The number of aromatic carboxylic acids is 1. The number of nitrogen functional groups attached to an aromatic ring is 1. The molecule has 1 aromatic heterocycles. The second-order valence-corrected chi connectivity index (χ2v) is 4.44. The molecule has 0 amide bonds. The van der Waals surface area contributed by atoms with Crippen LogP contribution in [0.4, 0.5) is 5.88 Å². The summed E-state index contributed by atoms with van der Waals surface area (Å²) in [6.07, 6.45) is 0. The molecule has 2 aromatic rings. The topological polar surface area (TPSA) is 98.6 Å². The highest BCUT2D eigenvalue weighted by Crippen LogP contribution is 2.35. The van der Waals surface area contributed by atoms with Crippen molar-refractivity contribution in [1.82, 2.24) is 5.16 Å². The summed E-state index contributed by atoms with van der Waals surface area (Å²) in [7, 11) is 0. The lowest BCUT2D eigenvalue weighted by atomic mass is 9.97. The van der Waals surface area contributed by atoms with E-state index in [1.54, 1.807) is 0 Å². The van der Waals surface area contributed by atoms with Gasteiger partial charge in [0, 0.05) is 0 Å². The Hall–Kier alpha value is -2.50. The number of aryl methyl sites for hydroxylation is 2. The molecule has 20 heavy (non-hydrogen) atoms. The number of benzene rings is 1. The van der Waals surface area contributed by atoms with Crippen LogP contribution in [-0.4, -0.2) is 22.8 Å². The summed E-state index contributed by atoms with van der Waals surface area (Å²) < 4.78 is 10.3. The summed E-state index contributed by atoms with van der Waals surface area (Å²) in [5.41, 5.74) is 8.24. The molecule has 6 heteroatoms. The van der Waals surface area contributed by atoms with E-state index in [0.717, 1.165) is 16.9 Å². The highest BCUT2D eigenvalue weighted by Gasteiger charge is 2.23. The van der Waals surface area contributed by atoms with E-state index < -0.39 is 5.97 Å². The van der Waals surface area contributed by atoms with Crippen molar-refractivity contribution in [1.29, 1.82) is 0 Å². The van der Waals surface area contributed by atoms with Crippen LogP contribution in [-0.2, 0) is 0 Å². The maximum Gasteiger partial charge on any atom is 0.358 e. The highest BCUT2D eigenvalue weighted by molar-refractivity contribution is 5.97. The summed E-state index contributed by atoms with van der Waals surface area (Å²) in [6.45, 7) is 6.21. The van der Waals surface area contributed by atoms with Gasteiger partial charge in [-0.1, -0.05) is 5.16 Å². The summed E-state index contributed by atoms with van der Waals surface area (Å²) in [5, 5.41) is 12.6. The van der Waals surface area contributed by atoms with Crippen LogP contribution < -0.4 is 10.5 Å². The Morgan fingerprint density at radius 1 is 1.40 bits per heavy atom. The van der Waals surface area contributed by atoms with Crippen LogP contribution in [0.5, 0.6) is 5.75 Å². The van der Waals surface area contributed by atoms with Crippen LogP contribution in [0.3, 0.4) is 0 Å². The average molecular weight is 276 g/mol. The van der Waals surface area contributed by atoms with Gasteiger partial charge >= 0.3 is 5.97 Å². The number of hydrogen-bond donors (Lipinski definition) is 2. The lowest BCUT2D eigenvalue weighted by molar-refractivity contribution is 0.0686. The zero-order valence-electron chi connectivity index (χ0n) is 11.6. The maximum atomic E-state index is 11.2. The lowest BCUT2D eigenvalue weighted by Gasteiger charge is -2.12. The molecule has 0 atom stereocenters. The summed E-state index contributed by atoms with van der Waals surface area (Å²) in [4.78, 5) is 11.2. The molecule has 1 aromatic carbocycles. The molecule has 0 spiro atoms. The van der Waals surface area contributed by atoms with E-state index >= 15 is 0 Å². The van der Waals surface area contributed by atoms with Gasteiger partial charge in [0.05, 0.1) is 12.2 Å². The minimum absolute atomic E-state index is 0.00550. The number of nitrogens with zero attached hydrogens (tertiary/aromatic N) is 1. The smallest absolute Gasteiger partial charge is 0.358 e. The number of aromatic nitrogens is 1. The lowest BCUT2D eigenvalue weighted by Crippen LogP contribution is -2.02. The summed E-state index contributed by atoms with van der Waals surface area (Å²) in [5.74, 6) is -0.416. The fourth-order valence-electron chi connectivity index (χ4n) is 2.08. The van der Waals surface area contributed by atoms with Crippen molar-refractivity contribution >= 4 is 11.9 Å². The van der Waals surface area contributed by atoms with Gasteiger partial charge in [-0.05, 0) is 49.6 Å². The van der Waals surface area contributed by atoms with Gasteiger partial charge in [-0.2, -0.15) is 0 Å². The van der Waals surface area contributed by atoms with Gasteiger partial charge in [-0.3, -0.25) is 0 Å². The second-order valence-electron chi connectivity index (χ2n) is 4.44. The monoisotopic (exact) mass is 276 g/mol. The molecule has 1 heterocycles. The molecule has 106 valence electrons. The minimum atomic E-state index is -1.17. The normalized spacial score (nSPS) is 10.6. The van der Waals surface area contributed by atoms with Gasteiger partial charge in [0.2, 0.25) is 11.6 Å². The van der Waals surface area contributed by atoms with E-state index in [1.807, 2.05) is 32.9 Å². The minimum Gasteiger partial charge on any atom is -0.494 e. The molecule has 0 aliphatic rings. The first-order chi connectivity index (χ1) is 9.45. The van der Waals surface area contributed by atoms with E-state index in [2.05, 4.69) is 5.16 Å². The van der Waals surface area contributed by atoms with Crippen molar-refractivity contribution in [3.05, 3.63) is 29.0 Å².